The van der Waals surface area contributed by atoms with Crippen molar-refractivity contribution in [3.05, 3.63) is 57.7 Å². The van der Waals surface area contributed by atoms with Gasteiger partial charge in [-0.1, -0.05) is 45.0 Å². The third-order valence-electron chi connectivity index (χ3n) is 6.45. The Morgan fingerprint density at radius 2 is 1.61 bits per heavy atom. The molecule has 0 unspecified atom stereocenters. The summed E-state index contributed by atoms with van der Waals surface area (Å²) in [5.41, 5.74) is 2.42. The van der Waals surface area contributed by atoms with Crippen LogP contribution >= 0.6 is 67.8 Å². The number of carboxylic acid groups (broad SMARTS) is 1. The number of halogens is 3. The fourth-order valence-corrected chi connectivity index (χ4v) is 8.41. The number of benzene rings is 2. The Hall–Kier alpha value is -1.69. The summed E-state index contributed by atoms with van der Waals surface area (Å²) in [7, 11) is 1.50. The predicted octanol–water partition coefficient (Wildman–Crippen LogP) is 5.10. The molecule has 0 aliphatic carbocycles. The first kappa shape index (κ1) is 35.5. The Labute approximate surface area is 282 Å². The van der Waals surface area contributed by atoms with Crippen LogP contribution in [0.3, 0.4) is 0 Å². The minimum atomic E-state index is -1.44. The molecule has 0 bridgehead atoms. The van der Waals surface area contributed by atoms with E-state index in [0.717, 1.165) is 15.6 Å². The van der Waals surface area contributed by atoms with Gasteiger partial charge in [-0.15, -0.1) is 0 Å². The van der Waals surface area contributed by atoms with Crippen LogP contribution in [0.2, 0.25) is 0 Å². The maximum Gasteiger partial charge on any atom is 0.326 e. The number of methoxy groups -OCH3 is 1. The second kappa shape index (κ2) is 16.8. The highest BCUT2D eigenvalue weighted by molar-refractivity contribution is 14.1. The quantitative estimate of drug-likeness (QED) is 0.195. The fraction of sp³-hybridized carbons (Fsp3) is 0.448. The van der Waals surface area contributed by atoms with Crippen molar-refractivity contribution in [3.63, 3.8) is 0 Å². The van der Waals surface area contributed by atoms with Crippen LogP contribution in [-0.2, 0) is 20.8 Å². The zero-order valence-electron chi connectivity index (χ0n) is 23.6. The maximum absolute atomic E-state index is 13.0. The fourth-order valence-electron chi connectivity index (χ4n) is 4.11. The molecule has 12 heteroatoms. The molecule has 41 heavy (non-hydrogen) atoms. The van der Waals surface area contributed by atoms with Crippen molar-refractivity contribution in [2.24, 2.45) is 5.92 Å². The second-order valence-corrected chi connectivity index (χ2v) is 13.5. The van der Waals surface area contributed by atoms with Gasteiger partial charge < -0.3 is 25.8 Å². The Bertz CT molecular complexity index is 1250. The number of hydrogen-bond donors (Lipinski definition) is 4. The van der Waals surface area contributed by atoms with Crippen LogP contribution in [-0.4, -0.2) is 54.5 Å². The molecule has 0 aliphatic rings. The van der Waals surface area contributed by atoms with E-state index in [1.165, 1.54) is 12.7 Å². The van der Waals surface area contributed by atoms with E-state index in [1.807, 2.05) is 83.3 Å². The molecule has 0 radical (unpaired) electrons. The zero-order valence-corrected chi connectivity index (χ0v) is 30.1. The molecule has 0 spiro atoms. The van der Waals surface area contributed by atoms with Gasteiger partial charge in [0.2, 0.25) is 11.8 Å². The van der Waals surface area contributed by atoms with Crippen LogP contribution in [0.1, 0.15) is 67.9 Å². The normalized spacial score (nSPS) is 13.2. The van der Waals surface area contributed by atoms with Crippen molar-refractivity contribution in [2.75, 3.05) is 13.7 Å². The van der Waals surface area contributed by atoms with Crippen LogP contribution in [0.15, 0.2) is 30.3 Å². The Balaban J connectivity index is 1.98. The first-order chi connectivity index (χ1) is 19.3. The Kier molecular flexibility index (Phi) is 14.6. The van der Waals surface area contributed by atoms with E-state index < -0.39 is 36.3 Å². The zero-order chi connectivity index (χ0) is 30.9. The van der Waals surface area contributed by atoms with Gasteiger partial charge in [-0.3, -0.25) is 14.4 Å². The first-order valence-corrected chi connectivity index (χ1v) is 16.4. The summed E-state index contributed by atoms with van der Waals surface area (Å²) >= 11 is 6.10. The average Bonchev–Trinajstić information content (AvgIpc) is 2.90. The molecule has 9 nitrogen and oxygen atoms in total. The Morgan fingerprint density at radius 1 is 0.976 bits per heavy atom. The molecular weight excluding hydrogens is 867 g/mol. The SMILES string of the molecule is CC[C@@H](CNC(=O)[C@@H](C)c1ccc(CC(C)C)cc1)NC(=O)C[C@H](NC(=O)c1c(I)cc(I)c(OC)c1I)C(=O)O. The van der Waals surface area contributed by atoms with Gasteiger partial charge in [0.25, 0.3) is 5.91 Å². The van der Waals surface area contributed by atoms with Crippen molar-refractivity contribution in [3.8, 4) is 5.75 Å². The Morgan fingerprint density at radius 3 is 2.15 bits per heavy atom. The highest BCUT2D eigenvalue weighted by Gasteiger charge is 2.28. The van der Waals surface area contributed by atoms with Crippen LogP contribution in [0.5, 0.6) is 5.75 Å². The number of carbonyl (C=O) groups excluding carboxylic acids is 3. The summed E-state index contributed by atoms with van der Waals surface area (Å²) in [6, 6.07) is 7.95. The molecule has 2 rings (SSSR count). The van der Waals surface area contributed by atoms with Crippen molar-refractivity contribution in [1.29, 1.82) is 0 Å². The van der Waals surface area contributed by atoms with Crippen molar-refractivity contribution in [1.82, 2.24) is 16.0 Å². The molecule has 2 aromatic rings. The van der Waals surface area contributed by atoms with Gasteiger partial charge >= 0.3 is 5.97 Å². The molecule has 0 heterocycles. The lowest BCUT2D eigenvalue weighted by Crippen LogP contribution is -2.48. The highest BCUT2D eigenvalue weighted by Crippen LogP contribution is 2.33. The summed E-state index contributed by atoms with van der Waals surface area (Å²) in [5, 5.41) is 17.9. The highest BCUT2D eigenvalue weighted by atomic mass is 127. The number of carbonyl (C=O) groups is 4. The van der Waals surface area contributed by atoms with Gasteiger partial charge in [0.1, 0.15) is 11.8 Å². The average molecular weight is 903 g/mol. The van der Waals surface area contributed by atoms with Crippen molar-refractivity contribution < 1.29 is 29.0 Å². The minimum Gasteiger partial charge on any atom is -0.495 e. The van der Waals surface area contributed by atoms with Gasteiger partial charge in [-0.05, 0) is 111 Å². The molecule has 3 amide bonds. The van der Waals surface area contributed by atoms with E-state index in [9.17, 15) is 24.3 Å². The van der Waals surface area contributed by atoms with E-state index in [4.69, 9.17) is 4.74 Å². The van der Waals surface area contributed by atoms with E-state index in [2.05, 4.69) is 52.4 Å². The lowest BCUT2D eigenvalue weighted by molar-refractivity contribution is -0.141. The maximum atomic E-state index is 13.0. The summed E-state index contributed by atoms with van der Waals surface area (Å²) in [6.07, 6.45) is 1.04. The van der Waals surface area contributed by atoms with Gasteiger partial charge in [0.15, 0.2) is 0 Å². The molecule has 0 saturated heterocycles. The van der Waals surface area contributed by atoms with Crippen LogP contribution < -0.4 is 20.7 Å². The molecule has 224 valence electrons. The van der Waals surface area contributed by atoms with Crippen molar-refractivity contribution in [2.45, 2.75) is 65.0 Å². The smallest absolute Gasteiger partial charge is 0.326 e. The van der Waals surface area contributed by atoms with E-state index in [0.29, 0.717) is 25.2 Å². The third-order valence-corrected chi connectivity index (χ3v) is 9.13. The van der Waals surface area contributed by atoms with E-state index in [1.54, 1.807) is 6.07 Å². The molecular formula is C29H36I3N3O6. The molecule has 0 saturated carbocycles. The number of carboxylic acids is 1. The van der Waals surface area contributed by atoms with Crippen LogP contribution in [0.4, 0.5) is 0 Å². The molecule has 3 atom stereocenters. The van der Waals surface area contributed by atoms with Gasteiger partial charge in [0, 0.05) is 16.2 Å². The van der Waals surface area contributed by atoms with Crippen LogP contribution in [0.25, 0.3) is 0 Å². The van der Waals surface area contributed by atoms with Gasteiger partial charge in [-0.25, -0.2) is 4.79 Å². The number of ether oxygens (including phenoxy) is 1. The lowest BCUT2D eigenvalue weighted by atomic mass is 9.96. The van der Waals surface area contributed by atoms with E-state index >= 15 is 0 Å². The van der Waals surface area contributed by atoms with E-state index in [-0.39, 0.29) is 23.9 Å². The van der Waals surface area contributed by atoms with Crippen LogP contribution in [0, 0.1) is 16.6 Å². The molecule has 2 aromatic carbocycles. The summed E-state index contributed by atoms with van der Waals surface area (Å²) in [5.74, 6) is -1.95. The molecule has 4 N–H and O–H groups in total. The second-order valence-electron chi connectivity index (χ2n) is 10.1. The molecule has 0 aromatic heterocycles. The van der Waals surface area contributed by atoms with Gasteiger partial charge in [-0.2, -0.15) is 0 Å². The monoisotopic (exact) mass is 903 g/mol. The standard InChI is InChI=1S/C29H36I3N3O6/c1-6-19(14-33-27(37)16(4)18-9-7-17(8-10-18)11-15(2)3)34-23(36)13-22(29(39)40)35-28(38)24-20(30)12-21(31)26(41-5)25(24)32/h7-10,12,15-16,19,22H,6,11,13-14H2,1-5H3,(H,33,37)(H,34,36)(H,35,38)(H,39,40)/t16-,19-,22-/m0/s1. The minimum absolute atomic E-state index is 0.165. The summed E-state index contributed by atoms with van der Waals surface area (Å²) < 4.78 is 7.38. The number of hydrogen-bond acceptors (Lipinski definition) is 5. The first-order valence-electron chi connectivity index (χ1n) is 13.2. The largest absolute Gasteiger partial charge is 0.495 e. The number of nitrogens with one attached hydrogen (secondary N) is 3. The number of aliphatic carboxylic acids is 1. The topological polar surface area (TPSA) is 134 Å². The molecule has 0 fully saturated rings. The lowest BCUT2D eigenvalue weighted by Gasteiger charge is -2.21. The summed E-state index contributed by atoms with van der Waals surface area (Å²) in [4.78, 5) is 50.5. The van der Waals surface area contributed by atoms with Gasteiger partial charge in [0.05, 0.1) is 32.2 Å². The molecule has 0 aliphatic heterocycles. The summed E-state index contributed by atoms with van der Waals surface area (Å²) in [6.45, 7) is 8.21. The number of amides is 3. The number of rotatable bonds is 14. The predicted molar refractivity (Wildman–Crippen MR) is 183 cm³/mol. The third kappa shape index (κ3) is 10.5. The van der Waals surface area contributed by atoms with Crippen molar-refractivity contribution >= 4 is 91.5 Å².